The number of methoxy groups -OCH3 is 1. The van der Waals surface area contributed by atoms with Gasteiger partial charge in [-0.25, -0.2) is 8.42 Å². The predicted molar refractivity (Wildman–Crippen MR) is 71.2 cm³/mol. The number of ether oxygens (including phenoxy) is 1. The summed E-state index contributed by atoms with van der Waals surface area (Å²) in [5, 5.41) is 0. The Bertz CT molecular complexity index is 441. The van der Waals surface area contributed by atoms with Crippen LogP contribution in [-0.4, -0.2) is 68.7 Å². The Kier molecular flexibility index (Phi) is 4.17. The van der Waals surface area contributed by atoms with Crippen molar-refractivity contribution in [2.24, 2.45) is 0 Å². The van der Waals surface area contributed by atoms with Crippen molar-refractivity contribution in [1.29, 1.82) is 0 Å². The average molecular weight is 290 g/mol. The summed E-state index contributed by atoms with van der Waals surface area (Å²) < 4.78 is 30.2. The number of hydrogen-bond acceptors (Lipinski definition) is 4. The molecule has 6 nitrogen and oxygen atoms in total. The summed E-state index contributed by atoms with van der Waals surface area (Å²) in [5.41, 5.74) is -0.253. The van der Waals surface area contributed by atoms with Gasteiger partial charge in [0.05, 0.1) is 6.26 Å². The number of carbonyl (C=O) groups excluding carboxylic acids is 1. The highest BCUT2D eigenvalue weighted by Crippen LogP contribution is 2.39. The van der Waals surface area contributed by atoms with E-state index in [0.29, 0.717) is 19.6 Å². The van der Waals surface area contributed by atoms with Crippen LogP contribution in [0.4, 0.5) is 0 Å². The first-order valence-electron chi connectivity index (χ1n) is 6.64. The molecule has 2 heterocycles. The molecule has 0 radical (unpaired) electrons. The summed E-state index contributed by atoms with van der Waals surface area (Å²) >= 11 is 0. The molecule has 0 aliphatic carbocycles. The van der Waals surface area contributed by atoms with Gasteiger partial charge in [-0.05, 0) is 25.7 Å². The van der Waals surface area contributed by atoms with Crippen LogP contribution in [0.15, 0.2) is 0 Å². The minimum absolute atomic E-state index is 0.0127. The summed E-state index contributed by atoms with van der Waals surface area (Å²) in [6, 6.07) is 0. The molecule has 1 spiro atoms. The van der Waals surface area contributed by atoms with E-state index < -0.39 is 10.0 Å². The smallest absolute Gasteiger partial charge is 0.248 e. The van der Waals surface area contributed by atoms with E-state index in [1.807, 2.05) is 0 Å². The highest BCUT2D eigenvalue weighted by atomic mass is 32.2. The number of sulfonamides is 1. The van der Waals surface area contributed by atoms with Gasteiger partial charge in [0.15, 0.2) is 0 Å². The van der Waals surface area contributed by atoms with Gasteiger partial charge in [0, 0.05) is 32.3 Å². The molecule has 0 aromatic heterocycles. The van der Waals surface area contributed by atoms with Crippen LogP contribution in [0.5, 0.6) is 0 Å². The molecular weight excluding hydrogens is 268 g/mol. The molecule has 0 unspecified atom stereocenters. The predicted octanol–water partition coefficient (Wildman–Crippen LogP) is 0.0494. The zero-order valence-corrected chi connectivity index (χ0v) is 12.4. The van der Waals surface area contributed by atoms with Gasteiger partial charge in [0.2, 0.25) is 15.9 Å². The topological polar surface area (TPSA) is 66.9 Å². The lowest BCUT2D eigenvalue weighted by atomic mass is 9.86. The molecule has 2 aliphatic heterocycles. The summed E-state index contributed by atoms with van der Waals surface area (Å²) in [6.45, 7) is 1.95. The molecule has 0 bridgehead atoms. The largest absolute Gasteiger partial charge is 0.375 e. The molecule has 19 heavy (non-hydrogen) atoms. The Hall–Kier alpha value is -0.660. The van der Waals surface area contributed by atoms with Crippen molar-refractivity contribution < 1.29 is 17.9 Å². The number of piperidine rings is 1. The highest BCUT2D eigenvalue weighted by molar-refractivity contribution is 7.88. The average Bonchev–Trinajstić information content (AvgIpc) is 2.74. The molecule has 7 heteroatoms. The van der Waals surface area contributed by atoms with Crippen molar-refractivity contribution in [3.63, 3.8) is 0 Å². The summed E-state index contributed by atoms with van der Waals surface area (Å²) in [4.78, 5) is 13.5. The van der Waals surface area contributed by atoms with E-state index in [4.69, 9.17) is 4.74 Å². The molecule has 0 saturated carbocycles. The minimum atomic E-state index is -3.15. The Labute approximate surface area is 114 Å². The molecule has 110 valence electrons. The van der Waals surface area contributed by atoms with Gasteiger partial charge in [-0.1, -0.05) is 0 Å². The van der Waals surface area contributed by atoms with Crippen molar-refractivity contribution in [2.75, 3.05) is 39.6 Å². The molecule has 2 aliphatic rings. The first-order valence-corrected chi connectivity index (χ1v) is 8.48. The van der Waals surface area contributed by atoms with E-state index in [-0.39, 0.29) is 18.1 Å². The van der Waals surface area contributed by atoms with Crippen LogP contribution in [0.3, 0.4) is 0 Å². The van der Waals surface area contributed by atoms with E-state index in [9.17, 15) is 13.2 Å². The first kappa shape index (κ1) is 14.7. The molecule has 2 fully saturated rings. The maximum absolute atomic E-state index is 11.9. The van der Waals surface area contributed by atoms with Gasteiger partial charge in [-0.3, -0.25) is 4.79 Å². The Balaban J connectivity index is 2.04. The van der Waals surface area contributed by atoms with Gasteiger partial charge < -0.3 is 9.64 Å². The van der Waals surface area contributed by atoms with Crippen molar-refractivity contribution in [1.82, 2.24) is 9.21 Å². The molecule has 2 rings (SSSR count). The number of carbonyl (C=O) groups is 1. The SMILES string of the molecule is COCC(=O)N1CCC2(CCCN2S(C)(=O)=O)CC1. The van der Waals surface area contributed by atoms with Crippen LogP contribution >= 0.6 is 0 Å². The van der Waals surface area contributed by atoms with Crippen LogP contribution in [0.25, 0.3) is 0 Å². The van der Waals surface area contributed by atoms with Gasteiger partial charge in [-0.15, -0.1) is 0 Å². The van der Waals surface area contributed by atoms with Crippen molar-refractivity contribution in [3.8, 4) is 0 Å². The highest BCUT2D eigenvalue weighted by Gasteiger charge is 2.47. The van der Waals surface area contributed by atoms with Crippen LogP contribution in [0, 0.1) is 0 Å². The normalized spacial score (nSPS) is 24.0. The fourth-order valence-corrected chi connectivity index (χ4v) is 4.76. The maximum Gasteiger partial charge on any atom is 0.248 e. The second kappa shape index (κ2) is 5.38. The van der Waals surface area contributed by atoms with Gasteiger partial charge in [0.1, 0.15) is 6.61 Å². The molecule has 1 amide bonds. The fourth-order valence-electron chi connectivity index (χ4n) is 3.32. The third kappa shape index (κ3) is 2.93. The standard InChI is InChI=1S/C12H22N2O4S/c1-18-10-11(15)13-8-5-12(6-9-13)4-3-7-14(12)19(2,16)17/h3-10H2,1-2H3. The number of hydrogen-bond donors (Lipinski definition) is 0. The van der Waals surface area contributed by atoms with Gasteiger partial charge in [-0.2, -0.15) is 4.31 Å². The Morgan fingerprint density at radius 1 is 1.21 bits per heavy atom. The lowest BCUT2D eigenvalue weighted by Gasteiger charge is -2.43. The second-order valence-electron chi connectivity index (χ2n) is 5.48. The molecular formula is C12H22N2O4S. The van der Waals surface area contributed by atoms with Crippen LogP contribution in [0.1, 0.15) is 25.7 Å². The summed E-state index contributed by atoms with van der Waals surface area (Å²) in [7, 11) is -1.65. The third-order valence-corrected chi connectivity index (χ3v) is 5.62. The lowest BCUT2D eigenvalue weighted by molar-refractivity contribution is -0.137. The Morgan fingerprint density at radius 3 is 2.37 bits per heavy atom. The van der Waals surface area contributed by atoms with Gasteiger partial charge >= 0.3 is 0 Å². The Morgan fingerprint density at radius 2 is 1.84 bits per heavy atom. The van der Waals surface area contributed by atoms with E-state index >= 15 is 0 Å². The quantitative estimate of drug-likeness (QED) is 0.736. The van der Waals surface area contributed by atoms with Crippen LogP contribution in [-0.2, 0) is 19.6 Å². The summed E-state index contributed by atoms with van der Waals surface area (Å²) in [5.74, 6) is -0.0127. The summed E-state index contributed by atoms with van der Waals surface area (Å²) in [6.07, 6.45) is 4.57. The fraction of sp³-hybridized carbons (Fsp3) is 0.917. The van der Waals surface area contributed by atoms with E-state index in [1.165, 1.54) is 13.4 Å². The number of nitrogens with zero attached hydrogens (tertiary/aromatic N) is 2. The van der Waals surface area contributed by atoms with E-state index in [2.05, 4.69) is 0 Å². The lowest BCUT2D eigenvalue weighted by Crippen LogP contribution is -2.55. The van der Waals surface area contributed by atoms with Crippen LogP contribution in [0.2, 0.25) is 0 Å². The zero-order chi connectivity index (χ0) is 14.1. The van der Waals surface area contributed by atoms with E-state index in [1.54, 1.807) is 9.21 Å². The number of rotatable bonds is 3. The molecule has 0 N–H and O–H groups in total. The number of amides is 1. The third-order valence-electron chi connectivity index (χ3n) is 4.25. The molecule has 0 aromatic rings. The van der Waals surface area contributed by atoms with Crippen molar-refractivity contribution in [2.45, 2.75) is 31.2 Å². The van der Waals surface area contributed by atoms with Crippen molar-refractivity contribution >= 4 is 15.9 Å². The number of likely N-dealkylation sites (tertiary alicyclic amines) is 1. The minimum Gasteiger partial charge on any atom is -0.375 e. The molecule has 0 atom stereocenters. The van der Waals surface area contributed by atoms with Crippen molar-refractivity contribution in [3.05, 3.63) is 0 Å². The monoisotopic (exact) mass is 290 g/mol. The molecule has 0 aromatic carbocycles. The van der Waals surface area contributed by atoms with Gasteiger partial charge in [0.25, 0.3) is 0 Å². The van der Waals surface area contributed by atoms with E-state index in [0.717, 1.165) is 25.7 Å². The zero-order valence-electron chi connectivity index (χ0n) is 11.6. The van der Waals surface area contributed by atoms with Crippen LogP contribution < -0.4 is 0 Å². The first-order chi connectivity index (χ1) is 8.89. The second-order valence-corrected chi connectivity index (χ2v) is 7.38. The maximum atomic E-state index is 11.9. The molecule has 2 saturated heterocycles.